The van der Waals surface area contributed by atoms with Crippen LogP contribution in [0, 0.1) is 17.8 Å². The lowest BCUT2D eigenvalue weighted by Crippen LogP contribution is -2.43. The molecule has 2 N–H and O–H groups in total. The topological polar surface area (TPSA) is 150 Å². The predicted octanol–water partition coefficient (Wildman–Crippen LogP) is 4.40. The number of unbranched alkanes of at least 4 members (excludes halogenated alkanes) is 4. The molecule has 240 valence electrons. The quantitative estimate of drug-likeness (QED) is 0.179. The third kappa shape index (κ3) is 9.96. The van der Waals surface area contributed by atoms with E-state index in [-0.39, 0.29) is 30.2 Å². The van der Waals surface area contributed by atoms with E-state index < -0.39 is 53.8 Å². The number of hydrogen-bond acceptors (Lipinski definition) is 10. The Kier molecular flexibility index (Phi) is 13.4. The molecule has 1 aromatic carbocycles. The summed E-state index contributed by atoms with van der Waals surface area (Å²) < 4.78 is 22.1. The van der Waals surface area contributed by atoms with Gasteiger partial charge in [0.25, 0.3) is 5.91 Å². The van der Waals surface area contributed by atoms with Gasteiger partial charge in [0.15, 0.2) is 23.3 Å². The van der Waals surface area contributed by atoms with E-state index in [0.717, 1.165) is 37.7 Å². The van der Waals surface area contributed by atoms with Crippen LogP contribution < -0.4 is 10.1 Å². The van der Waals surface area contributed by atoms with E-state index in [1.807, 2.05) is 30.3 Å². The standard InChI is InChI=1S/C33H44N2O9/c1-21(2)31(38)44-29-22(3)43-32(39)24(20-42-33(40)25(29)19-23-13-9-8-10-14-23)15-11-6-5-7-12-17-35-30(37)27-28(36)26(41-4)16-18-34-27/h8-10,13-14,16,18,21-22,24-25,29,36H,5-7,11-12,15,17,19-20H2,1-4H3,(H,35,37). The monoisotopic (exact) mass is 612 g/mol. The number of aromatic nitrogens is 1. The summed E-state index contributed by atoms with van der Waals surface area (Å²) in [6.45, 7) is 5.38. The van der Waals surface area contributed by atoms with Crippen LogP contribution in [0.3, 0.4) is 0 Å². The highest BCUT2D eigenvalue weighted by Gasteiger charge is 2.41. The maximum atomic E-state index is 13.3. The number of methoxy groups -OCH3 is 1. The molecule has 0 radical (unpaired) electrons. The summed E-state index contributed by atoms with van der Waals surface area (Å²) in [7, 11) is 1.40. The largest absolute Gasteiger partial charge is 0.503 e. The van der Waals surface area contributed by atoms with Gasteiger partial charge in [0, 0.05) is 18.8 Å². The smallest absolute Gasteiger partial charge is 0.313 e. The molecule has 1 aromatic heterocycles. The molecule has 4 unspecified atom stereocenters. The van der Waals surface area contributed by atoms with Crippen molar-refractivity contribution in [3.05, 3.63) is 53.9 Å². The van der Waals surface area contributed by atoms with Gasteiger partial charge in [-0.25, -0.2) is 4.98 Å². The molecular formula is C33H44N2O9. The normalized spacial score (nSPS) is 20.5. The number of rotatable bonds is 14. The van der Waals surface area contributed by atoms with Gasteiger partial charge in [-0.1, -0.05) is 69.9 Å². The van der Waals surface area contributed by atoms with Gasteiger partial charge in [-0.2, -0.15) is 0 Å². The summed E-state index contributed by atoms with van der Waals surface area (Å²) in [6, 6.07) is 10.9. The zero-order valence-electron chi connectivity index (χ0n) is 26.0. The lowest BCUT2D eigenvalue weighted by atomic mass is 9.91. The number of carbonyl (C=O) groups excluding carboxylic acids is 4. The van der Waals surface area contributed by atoms with Crippen LogP contribution in [0.1, 0.15) is 75.3 Å². The van der Waals surface area contributed by atoms with Crippen molar-refractivity contribution in [1.82, 2.24) is 10.3 Å². The number of amides is 1. The minimum atomic E-state index is -0.982. The summed E-state index contributed by atoms with van der Waals surface area (Å²) in [5.41, 5.74) is 0.793. The molecule has 1 aliphatic heterocycles. The number of pyridine rings is 1. The summed E-state index contributed by atoms with van der Waals surface area (Å²) in [5, 5.41) is 12.8. The van der Waals surface area contributed by atoms with Crippen LogP contribution in [0.5, 0.6) is 11.5 Å². The molecule has 3 rings (SSSR count). The Morgan fingerprint density at radius 2 is 1.75 bits per heavy atom. The van der Waals surface area contributed by atoms with E-state index in [0.29, 0.717) is 13.0 Å². The Bertz CT molecular complexity index is 1250. The lowest BCUT2D eigenvalue weighted by molar-refractivity contribution is -0.177. The maximum absolute atomic E-state index is 13.3. The van der Waals surface area contributed by atoms with E-state index in [2.05, 4.69) is 10.3 Å². The molecular weight excluding hydrogens is 568 g/mol. The van der Waals surface area contributed by atoms with Crippen molar-refractivity contribution in [2.45, 2.75) is 77.9 Å². The molecule has 1 amide bonds. The van der Waals surface area contributed by atoms with Crippen LogP contribution >= 0.6 is 0 Å². The molecule has 2 heterocycles. The number of benzene rings is 1. The zero-order chi connectivity index (χ0) is 32.1. The Balaban J connectivity index is 1.49. The molecule has 11 heteroatoms. The SMILES string of the molecule is COc1ccnc(C(=O)NCCCCCCCC2COC(=O)C(Cc3ccccc3)C(OC(=O)C(C)C)C(C)OC2=O)c1O. The third-order valence-electron chi connectivity index (χ3n) is 7.58. The van der Waals surface area contributed by atoms with Gasteiger partial charge in [-0.15, -0.1) is 0 Å². The maximum Gasteiger partial charge on any atom is 0.313 e. The van der Waals surface area contributed by atoms with Crippen molar-refractivity contribution in [2.24, 2.45) is 17.8 Å². The zero-order valence-corrected chi connectivity index (χ0v) is 26.0. The van der Waals surface area contributed by atoms with Gasteiger partial charge in [0.2, 0.25) is 0 Å². The number of aromatic hydroxyl groups is 1. The van der Waals surface area contributed by atoms with Gasteiger partial charge >= 0.3 is 17.9 Å². The van der Waals surface area contributed by atoms with Gasteiger partial charge in [0.05, 0.1) is 18.9 Å². The minimum Gasteiger partial charge on any atom is -0.503 e. The first-order chi connectivity index (χ1) is 21.1. The van der Waals surface area contributed by atoms with E-state index in [1.165, 1.54) is 19.4 Å². The van der Waals surface area contributed by atoms with Gasteiger partial charge in [0.1, 0.15) is 18.6 Å². The molecule has 1 aliphatic rings. The molecule has 0 aliphatic carbocycles. The highest BCUT2D eigenvalue weighted by atomic mass is 16.6. The summed E-state index contributed by atoms with van der Waals surface area (Å²) in [5.74, 6) is -3.94. The number of nitrogens with zero attached hydrogens (tertiary/aromatic N) is 1. The fraction of sp³-hybridized carbons (Fsp3) is 0.545. The summed E-state index contributed by atoms with van der Waals surface area (Å²) >= 11 is 0. The molecule has 1 fully saturated rings. The number of cyclic esters (lactones) is 2. The van der Waals surface area contributed by atoms with Crippen LogP contribution in [-0.2, 0) is 35.0 Å². The van der Waals surface area contributed by atoms with E-state index in [9.17, 15) is 24.3 Å². The molecule has 0 spiro atoms. The van der Waals surface area contributed by atoms with E-state index in [4.69, 9.17) is 18.9 Å². The number of esters is 3. The van der Waals surface area contributed by atoms with Crippen molar-refractivity contribution in [3.8, 4) is 11.5 Å². The van der Waals surface area contributed by atoms with Crippen LogP contribution in [-0.4, -0.2) is 66.4 Å². The second-order valence-corrected chi connectivity index (χ2v) is 11.3. The average molecular weight is 613 g/mol. The molecule has 0 bridgehead atoms. The highest BCUT2D eigenvalue weighted by Crippen LogP contribution is 2.28. The Hall–Kier alpha value is -4.15. The molecule has 44 heavy (non-hydrogen) atoms. The highest BCUT2D eigenvalue weighted by molar-refractivity contribution is 5.95. The van der Waals surface area contributed by atoms with Gasteiger partial charge < -0.3 is 29.4 Å². The van der Waals surface area contributed by atoms with E-state index in [1.54, 1.807) is 20.8 Å². The number of nitrogens with one attached hydrogen (secondary N) is 1. The van der Waals surface area contributed by atoms with Crippen molar-refractivity contribution in [1.29, 1.82) is 0 Å². The fourth-order valence-corrected chi connectivity index (χ4v) is 4.98. The van der Waals surface area contributed by atoms with Gasteiger partial charge in [-0.05, 0) is 31.7 Å². The third-order valence-corrected chi connectivity index (χ3v) is 7.58. The number of hydrogen-bond donors (Lipinski definition) is 2. The first kappa shape index (κ1) is 34.3. The van der Waals surface area contributed by atoms with Crippen molar-refractivity contribution < 1.29 is 43.2 Å². The second kappa shape index (κ2) is 17.2. The number of carbonyl (C=O) groups is 4. The molecule has 4 atom stereocenters. The summed E-state index contributed by atoms with van der Waals surface area (Å²) in [6.07, 6.45) is 4.36. The van der Waals surface area contributed by atoms with Crippen molar-refractivity contribution >= 4 is 23.8 Å². The number of ether oxygens (including phenoxy) is 4. The second-order valence-electron chi connectivity index (χ2n) is 11.3. The molecule has 0 saturated carbocycles. The minimum absolute atomic E-state index is 0.0861. The van der Waals surface area contributed by atoms with Gasteiger partial charge in [-0.3, -0.25) is 19.2 Å². The van der Waals surface area contributed by atoms with Crippen LogP contribution in [0.15, 0.2) is 42.6 Å². The average Bonchev–Trinajstić information content (AvgIpc) is 3.04. The first-order valence-corrected chi connectivity index (χ1v) is 15.2. The fourth-order valence-electron chi connectivity index (χ4n) is 4.98. The molecule has 2 aromatic rings. The van der Waals surface area contributed by atoms with Crippen molar-refractivity contribution in [3.63, 3.8) is 0 Å². The lowest BCUT2D eigenvalue weighted by Gasteiger charge is -2.29. The Morgan fingerprint density at radius 3 is 2.45 bits per heavy atom. The molecule has 11 nitrogen and oxygen atoms in total. The first-order valence-electron chi connectivity index (χ1n) is 15.2. The Morgan fingerprint density at radius 1 is 1.05 bits per heavy atom. The van der Waals surface area contributed by atoms with Crippen molar-refractivity contribution in [2.75, 3.05) is 20.3 Å². The van der Waals surface area contributed by atoms with Crippen LogP contribution in [0.4, 0.5) is 0 Å². The van der Waals surface area contributed by atoms with Crippen LogP contribution in [0.25, 0.3) is 0 Å². The van der Waals surface area contributed by atoms with E-state index >= 15 is 0 Å². The summed E-state index contributed by atoms with van der Waals surface area (Å²) in [4.78, 5) is 55.2. The molecule has 1 saturated heterocycles. The Labute approximate surface area is 258 Å². The predicted molar refractivity (Wildman–Crippen MR) is 161 cm³/mol. The van der Waals surface area contributed by atoms with Crippen LogP contribution in [0.2, 0.25) is 0 Å².